The van der Waals surface area contributed by atoms with E-state index in [4.69, 9.17) is 5.11 Å². The van der Waals surface area contributed by atoms with E-state index in [0.717, 1.165) is 4.80 Å². The molecule has 1 aromatic heterocycles. The molecule has 1 rings (SSSR count). The lowest BCUT2D eigenvalue weighted by Crippen LogP contribution is -2.29. The Labute approximate surface area is 77.3 Å². The third-order valence-corrected chi connectivity index (χ3v) is 1.56. The molecule has 1 atom stereocenters. The van der Waals surface area contributed by atoms with Gasteiger partial charge in [0.05, 0.1) is 7.05 Å². The molecule has 1 unspecified atom stereocenters. The Balaban J connectivity index is 2.60. The average Bonchev–Trinajstić information content (AvgIpc) is 2.33. The topological polar surface area (TPSA) is 63.8 Å². The number of tetrazole rings is 1. The molecule has 0 amide bonds. The van der Waals surface area contributed by atoms with Crippen molar-refractivity contribution in [3.63, 3.8) is 0 Å². The van der Waals surface area contributed by atoms with Gasteiger partial charge in [0.1, 0.15) is 6.10 Å². The number of hydrogen-bond donors (Lipinski definition) is 1. The Morgan fingerprint density at radius 3 is 2.69 bits per heavy atom. The highest BCUT2D eigenvalue weighted by molar-refractivity contribution is 6.22. The number of aryl methyl sites for hydroxylation is 1. The van der Waals surface area contributed by atoms with Crippen LogP contribution < -0.4 is 0 Å². The lowest BCUT2D eigenvalue weighted by atomic mass is 10.2. The molecule has 1 N–H and O–H groups in total. The van der Waals surface area contributed by atoms with Crippen LogP contribution in [0, 0.1) is 0 Å². The van der Waals surface area contributed by atoms with E-state index in [9.17, 15) is 8.78 Å². The predicted octanol–water partition coefficient (Wildman–Crippen LogP) is -0.0549. The van der Waals surface area contributed by atoms with Crippen LogP contribution in [0.4, 0.5) is 8.78 Å². The Kier molecular flexibility index (Phi) is 2.77. The van der Waals surface area contributed by atoms with E-state index in [2.05, 4.69) is 27.0 Å². The van der Waals surface area contributed by atoms with Gasteiger partial charge >= 0.3 is 5.38 Å². The molecule has 0 aliphatic carbocycles. The van der Waals surface area contributed by atoms with Gasteiger partial charge in [0.15, 0.2) is 5.82 Å². The van der Waals surface area contributed by atoms with Crippen LogP contribution in [0.3, 0.4) is 0 Å². The summed E-state index contributed by atoms with van der Waals surface area (Å²) in [6, 6.07) is 0. The van der Waals surface area contributed by atoms with E-state index in [0.29, 0.717) is 0 Å². The van der Waals surface area contributed by atoms with Crippen molar-refractivity contribution in [3.05, 3.63) is 5.82 Å². The van der Waals surface area contributed by atoms with Crippen LogP contribution in [0.25, 0.3) is 0 Å². The zero-order valence-corrected chi connectivity index (χ0v) is 7.41. The first-order chi connectivity index (χ1) is 5.89. The van der Waals surface area contributed by atoms with Crippen molar-refractivity contribution in [1.82, 2.24) is 20.2 Å². The predicted molar refractivity (Wildman–Crippen MR) is 39.3 cm³/mol. The van der Waals surface area contributed by atoms with Crippen LogP contribution in [-0.2, 0) is 13.5 Å². The zero-order valence-electron chi connectivity index (χ0n) is 6.65. The first-order valence-electron chi connectivity index (χ1n) is 3.37. The van der Waals surface area contributed by atoms with Gasteiger partial charge in [-0.3, -0.25) is 0 Å². The highest BCUT2D eigenvalue weighted by Crippen LogP contribution is 2.24. The number of halogens is 3. The number of alkyl halides is 3. The third kappa shape index (κ3) is 2.85. The largest absolute Gasteiger partial charge is 0.385 e. The molecule has 0 bridgehead atoms. The van der Waals surface area contributed by atoms with E-state index >= 15 is 0 Å². The molecule has 8 heteroatoms. The summed E-state index contributed by atoms with van der Waals surface area (Å²) < 4.78 is 24.5. The fourth-order valence-electron chi connectivity index (χ4n) is 0.694. The monoisotopic (exact) mass is 212 g/mol. The summed E-state index contributed by atoms with van der Waals surface area (Å²) in [6.45, 7) is 0. The summed E-state index contributed by atoms with van der Waals surface area (Å²) in [6.07, 6.45) is -2.43. The fourth-order valence-corrected chi connectivity index (χ4v) is 0.771. The van der Waals surface area contributed by atoms with Gasteiger partial charge in [0, 0.05) is 6.42 Å². The summed E-state index contributed by atoms with van der Waals surface area (Å²) in [7, 11) is 1.49. The third-order valence-electron chi connectivity index (χ3n) is 1.30. The normalized spacial score (nSPS) is 14.5. The van der Waals surface area contributed by atoms with Gasteiger partial charge in [0.25, 0.3) is 0 Å². The van der Waals surface area contributed by atoms with Crippen molar-refractivity contribution < 1.29 is 13.9 Å². The van der Waals surface area contributed by atoms with Gasteiger partial charge in [-0.15, -0.1) is 10.2 Å². The number of aliphatic hydroxyl groups excluding tert-OH is 1. The molecule has 5 nitrogen and oxygen atoms in total. The van der Waals surface area contributed by atoms with Crippen LogP contribution in [-0.4, -0.2) is 36.8 Å². The van der Waals surface area contributed by atoms with E-state index in [1.54, 1.807) is 0 Å². The fraction of sp³-hybridized carbons (Fsp3) is 0.800. The minimum absolute atomic E-state index is 0.0234. The Morgan fingerprint density at radius 1 is 1.69 bits per heavy atom. The van der Waals surface area contributed by atoms with E-state index in [1.807, 2.05) is 0 Å². The lowest BCUT2D eigenvalue weighted by molar-refractivity contribution is -0.0407. The highest BCUT2D eigenvalue weighted by atomic mass is 35.5. The van der Waals surface area contributed by atoms with Crippen LogP contribution in [0.5, 0.6) is 0 Å². The molecule has 0 aromatic carbocycles. The number of aromatic nitrogens is 4. The number of nitrogens with zero attached hydrogens (tertiary/aromatic N) is 4. The van der Waals surface area contributed by atoms with Crippen molar-refractivity contribution in [2.75, 3.05) is 0 Å². The maximum atomic E-state index is 12.2. The Morgan fingerprint density at radius 2 is 2.31 bits per heavy atom. The Bertz CT molecular complexity index is 286. The molecular weight excluding hydrogens is 206 g/mol. The molecule has 0 aliphatic heterocycles. The zero-order chi connectivity index (χ0) is 10.1. The smallest absolute Gasteiger partial charge is 0.347 e. The van der Waals surface area contributed by atoms with Gasteiger partial charge in [-0.2, -0.15) is 13.6 Å². The van der Waals surface area contributed by atoms with Gasteiger partial charge in [-0.1, -0.05) is 0 Å². The van der Waals surface area contributed by atoms with E-state index < -0.39 is 17.9 Å². The number of aliphatic hydroxyl groups is 1. The molecule has 0 aliphatic rings. The minimum atomic E-state index is -3.67. The second-order valence-corrected chi connectivity index (χ2v) is 2.96. The molecule has 0 saturated carbocycles. The quantitative estimate of drug-likeness (QED) is 0.714. The summed E-state index contributed by atoms with van der Waals surface area (Å²) >= 11 is 4.57. The Hall–Kier alpha value is -0.820. The maximum Gasteiger partial charge on any atom is 0.347 e. The van der Waals surface area contributed by atoms with Gasteiger partial charge in [0.2, 0.25) is 0 Å². The van der Waals surface area contributed by atoms with Crippen molar-refractivity contribution in [3.8, 4) is 0 Å². The molecule has 74 valence electrons. The van der Waals surface area contributed by atoms with Crippen molar-refractivity contribution in [2.45, 2.75) is 17.9 Å². The summed E-state index contributed by atoms with van der Waals surface area (Å²) in [5.41, 5.74) is 0. The molecule has 0 fully saturated rings. The van der Waals surface area contributed by atoms with Crippen LogP contribution in [0.1, 0.15) is 5.82 Å². The molecule has 0 saturated heterocycles. The number of hydrogen-bond acceptors (Lipinski definition) is 4. The van der Waals surface area contributed by atoms with E-state index in [1.165, 1.54) is 7.05 Å². The second kappa shape index (κ2) is 3.51. The molecule has 13 heavy (non-hydrogen) atoms. The lowest BCUT2D eigenvalue weighted by Gasteiger charge is -2.13. The standard InChI is InChI=1S/C5H7ClF2N4O/c1-12-10-4(9-11-12)2-3(13)5(6,7)8/h3,13H,2H2,1H3. The molecule has 0 spiro atoms. The summed E-state index contributed by atoms with van der Waals surface area (Å²) in [5.74, 6) is 0.0234. The van der Waals surface area contributed by atoms with Crippen molar-refractivity contribution >= 4 is 11.6 Å². The SMILES string of the molecule is Cn1nnc(CC(O)C(F)(F)Cl)n1. The molecule has 1 heterocycles. The number of rotatable bonds is 3. The van der Waals surface area contributed by atoms with Crippen molar-refractivity contribution in [2.24, 2.45) is 7.05 Å². The van der Waals surface area contributed by atoms with Crippen molar-refractivity contribution in [1.29, 1.82) is 0 Å². The van der Waals surface area contributed by atoms with Gasteiger partial charge in [-0.05, 0) is 16.8 Å². The first kappa shape index (κ1) is 10.3. The van der Waals surface area contributed by atoms with Crippen LogP contribution in [0.2, 0.25) is 0 Å². The minimum Gasteiger partial charge on any atom is -0.385 e. The van der Waals surface area contributed by atoms with Gasteiger partial charge < -0.3 is 5.11 Å². The molecule has 1 aromatic rings. The van der Waals surface area contributed by atoms with E-state index in [-0.39, 0.29) is 5.82 Å². The molecule has 0 radical (unpaired) electrons. The average molecular weight is 213 g/mol. The maximum absolute atomic E-state index is 12.2. The molecular formula is C5H7ClF2N4O. The summed E-state index contributed by atoms with van der Waals surface area (Å²) in [4.78, 5) is 1.11. The summed E-state index contributed by atoms with van der Waals surface area (Å²) in [5, 5.41) is 15.6. The second-order valence-electron chi connectivity index (χ2n) is 2.46. The highest BCUT2D eigenvalue weighted by Gasteiger charge is 2.36. The van der Waals surface area contributed by atoms with Crippen LogP contribution >= 0.6 is 11.6 Å². The van der Waals surface area contributed by atoms with Crippen LogP contribution in [0.15, 0.2) is 0 Å². The first-order valence-corrected chi connectivity index (χ1v) is 3.75. The van der Waals surface area contributed by atoms with Gasteiger partial charge in [-0.25, -0.2) is 0 Å².